The molecule has 1 unspecified atom stereocenters. The fraction of sp³-hybridized carbons (Fsp3) is 0.750. The number of carboxylic acid groups (broad SMARTS) is 1. The number of carbonyl (C=O) groups excluding carboxylic acids is 2. The van der Waals surface area contributed by atoms with E-state index < -0.39 is 24.3 Å². The minimum absolute atomic E-state index is 0.212. The van der Waals surface area contributed by atoms with Gasteiger partial charge in [-0.15, -0.1) is 0 Å². The molecule has 0 aromatic heterocycles. The quantitative estimate of drug-likeness (QED) is 0.557. The fourth-order valence-electron chi connectivity index (χ4n) is 2.13. The Balaban J connectivity index is 2.30. The van der Waals surface area contributed by atoms with Gasteiger partial charge in [-0.05, 0) is 25.7 Å². The maximum absolute atomic E-state index is 11.6. The van der Waals surface area contributed by atoms with Crippen LogP contribution in [-0.2, 0) is 19.1 Å². The van der Waals surface area contributed by atoms with E-state index in [1.54, 1.807) is 0 Å². The summed E-state index contributed by atoms with van der Waals surface area (Å²) in [5, 5.41) is 11.2. The van der Waals surface area contributed by atoms with Crippen LogP contribution in [0.25, 0.3) is 0 Å². The van der Waals surface area contributed by atoms with Crippen LogP contribution in [-0.4, -0.2) is 41.6 Å². The summed E-state index contributed by atoms with van der Waals surface area (Å²) in [7, 11) is 0. The Kier molecular flexibility index (Phi) is 5.75. The molecule has 0 aromatic carbocycles. The molecule has 0 aliphatic heterocycles. The van der Waals surface area contributed by atoms with Gasteiger partial charge in [-0.3, -0.25) is 9.59 Å². The van der Waals surface area contributed by atoms with E-state index in [4.69, 9.17) is 15.6 Å². The van der Waals surface area contributed by atoms with Crippen molar-refractivity contribution < 1.29 is 24.2 Å². The zero-order valence-electron chi connectivity index (χ0n) is 10.9. The van der Waals surface area contributed by atoms with E-state index in [9.17, 15) is 14.4 Å². The summed E-state index contributed by atoms with van der Waals surface area (Å²) >= 11 is 0. The van der Waals surface area contributed by atoms with Crippen molar-refractivity contribution in [1.82, 2.24) is 5.32 Å². The number of carboxylic acids is 1. The van der Waals surface area contributed by atoms with E-state index in [-0.39, 0.29) is 24.3 Å². The molecule has 1 saturated carbocycles. The molecule has 1 atom stereocenters. The first-order chi connectivity index (χ1) is 8.92. The zero-order valence-corrected chi connectivity index (χ0v) is 10.9. The maximum atomic E-state index is 11.6. The van der Waals surface area contributed by atoms with Crippen LogP contribution in [0.1, 0.15) is 32.6 Å². The molecule has 0 heterocycles. The SMILES string of the molecule is CCOC1CC(CC(=O)NC(CC(N)=O)C(=O)O)C1. The Morgan fingerprint density at radius 1 is 1.42 bits per heavy atom. The molecule has 0 bridgehead atoms. The van der Waals surface area contributed by atoms with Crippen LogP contribution in [0.4, 0.5) is 0 Å². The van der Waals surface area contributed by atoms with Gasteiger partial charge in [0.2, 0.25) is 11.8 Å². The lowest BCUT2D eigenvalue weighted by atomic mass is 9.80. The number of amides is 2. The molecule has 0 spiro atoms. The molecule has 0 aromatic rings. The molecule has 7 heteroatoms. The Morgan fingerprint density at radius 3 is 2.53 bits per heavy atom. The number of nitrogens with one attached hydrogen (secondary N) is 1. The third kappa shape index (κ3) is 5.25. The summed E-state index contributed by atoms with van der Waals surface area (Å²) in [5.74, 6) is -2.16. The van der Waals surface area contributed by atoms with Crippen LogP contribution in [0.2, 0.25) is 0 Å². The molecule has 108 valence electrons. The lowest BCUT2D eigenvalue weighted by Crippen LogP contribution is -2.45. The van der Waals surface area contributed by atoms with Crippen molar-refractivity contribution in [3.63, 3.8) is 0 Å². The van der Waals surface area contributed by atoms with Gasteiger partial charge in [0.1, 0.15) is 6.04 Å². The highest BCUT2D eigenvalue weighted by molar-refractivity contribution is 5.88. The molecular weight excluding hydrogens is 252 g/mol. The van der Waals surface area contributed by atoms with Gasteiger partial charge in [0.25, 0.3) is 0 Å². The second-order valence-electron chi connectivity index (χ2n) is 4.75. The van der Waals surface area contributed by atoms with E-state index in [1.807, 2.05) is 6.92 Å². The number of hydrogen-bond acceptors (Lipinski definition) is 4. The first kappa shape index (κ1) is 15.4. The topological polar surface area (TPSA) is 119 Å². The number of hydrogen-bond donors (Lipinski definition) is 3. The highest BCUT2D eigenvalue weighted by Crippen LogP contribution is 2.32. The standard InChI is InChI=1S/C12H20N2O5/c1-2-19-8-3-7(4-8)5-11(16)14-9(12(17)18)6-10(13)15/h7-9H,2-6H2,1H3,(H2,13,15)(H,14,16)(H,17,18). The van der Waals surface area contributed by atoms with Gasteiger partial charge in [-0.25, -0.2) is 4.79 Å². The average Bonchev–Trinajstić information content (AvgIpc) is 2.24. The number of nitrogens with two attached hydrogens (primary N) is 1. The molecule has 1 aliphatic carbocycles. The number of aliphatic carboxylic acids is 1. The van der Waals surface area contributed by atoms with Gasteiger partial charge < -0.3 is 20.9 Å². The Bertz CT molecular complexity index is 352. The van der Waals surface area contributed by atoms with E-state index in [0.29, 0.717) is 6.61 Å². The normalized spacial score (nSPS) is 23.2. The molecule has 1 aliphatic rings. The van der Waals surface area contributed by atoms with Crippen LogP contribution in [0.15, 0.2) is 0 Å². The molecule has 7 nitrogen and oxygen atoms in total. The predicted octanol–water partition coefficient (Wildman–Crippen LogP) is -0.364. The molecule has 4 N–H and O–H groups in total. The third-order valence-corrected chi connectivity index (χ3v) is 3.11. The van der Waals surface area contributed by atoms with Crippen molar-refractivity contribution in [3.05, 3.63) is 0 Å². The molecular formula is C12H20N2O5. The molecule has 1 fully saturated rings. The first-order valence-electron chi connectivity index (χ1n) is 6.34. The molecule has 1 rings (SSSR count). The lowest BCUT2D eigenvalue weighted by molar-refractivity contribution is -0.143. The van der Waals surface area contributed by atoms with E-state index in [1.165, 1.54) is 0 Å². The zero-order chi connectivity index (χ0) is 14.4. The van der Waals surface area contributed by atoms with Crippen LogP contribution >= 0.6 is 0 Å². The summed E-state index contributed by atoms with van der Waals surface area (Å²) in [6, 6.07) is -1.24. The Morgan fingerprint density at radius 2 is 2.05 bits per heavy atom. The summed E-state index contributed by atoms with van der Waals surface area (Å²) in [6.45, 7) is 2.57. The van der Waals surface area contributed by atoms with Crippen molar-refractivity contribution >= 4 is 17.8 Å². The van der Waals surface area contributed by atoms with Gasteiger partial charge in [0.05, 0.1) is 12.5 Å². The lowest BCUT2D eigenvalue weighted by Gasteiger charge is -2.34. The van der Waals surface area contributed by atoms with Gasteiger partial charge in [0.15, 0.2) is 0 Å². The summed E-state index contributed by atoms with van der Waals surface area (Å²) in [4.78, 5) is 33.2. The van der Waals surface area contributed by atoms with Crippen molar-refractivity contribution in [1.29, 1.82) is 0 Å². The monoisotopic (exact) mass is 272 g/mol. The highest BCUT2D eigenvalue weighted by Gasteiger charge is 2.32. The van der Waals surface area contributed by atoms with Crippen LogP contribution < -0.4 is 11.1 Å². The second kappa shape index (κ2) is 7.08. The molecule has 2 amide bonds. The van der Waals surface area contributed by atoms with Crippen LogP contribution in [0, 0.1) is 5.92 Å². The predicted molar refractivity (Wildman–Crippen MR) is 66.1 cm³/mol. The summed E-state index contributed by atoms with van der Waals surface area (Å²) < 4.78 is 5.37. The van der Waals surface area contributed by atoms with Gasteiger partial charge >= 0.3 is 5.97 Å². The van der Waals surface area contributed by atoms with E-state index in [0.717, 1.165) is 12.8 Å². The third-order valence-electron chi connectivity index (χ3n) is 3.11. The molecule has 0 radical (unpaired) electrons. The van der Waals surface area contributed by atoms with Crippen LogP contribution in [0.5, 0.6) is 0 Å². The Hall–Kier alpha value is -1.63. The van der Waals surface area contributed by atoms with E-state index in [2.05, 4.69) is 5.32 Å². The van der Waals surface area contributed by atoms with Crippen molar-refractivity contribution in [2.45, 2.75) is 44.8 Å². The fourth-order valence-corrected chi connectivity index (χ4v) is 2.13. The number of primary amides is 1. The van der Waals surface area contributed by atoms with Crippen molar-refractivity contribution in [2.75, 3.05) is 6.61 Å². The minimum Gasteiger partial charge on any atom is -0.480 e. The largest absolute Gasteiger partial charge is 0.480 e. The average molecular weight is 272 g/mol. The van der Waals surface area contributed by atoms with Crippen molar-refractivity contribution in [2.24, 2.45) is 11.7 Å². The maximum Gasteiger partial charge on any atom is 0.326 e. The van der Waals surface area contributed by atoms with E-state index >= 15 is 0 Å². The number of rotatable bonds is 8. The smallest absolute Gasteiger partial charge is 0.326 e. The van der Waals surface area contributed by atoms with Gasteiger partial charge in [-0.1, -0.05) is 0 Å². The Labute approximate surface area is 111 Å². The highest BCUT2D eigenvalue weighted by atomic mass is 16.5. The summed E-state index contributed by atoms with van der Waals surface area (Å²) in [5.41, 5.74) is 4.93. The van der Waals surface area contributed by atoms with Crippen LogP contribution in [0.3, 0.4) is 0 Å². The summed E-state index contributed by atoms with van der Waals surface area (Å²) in [6.07, 6.45) is 1.70. The van der Waals surface area contributed by atoms with Crippen molar-refractivity contribution in [3.8, 4) is 0 Å². The molecule has 19 heavy (non-hydrogen) atoms. The number of carbonyl (C=O) groups is 3. The van der Waals surface area contributed by atoms with Gasteiger partial charge in [-0.2, -0.15) is 0 Å². The minimum atomic E-state index is -1.26. The number of ether oxygens (including phenoxy) is 1. The van der Waals surface area contributed by atoms with Gasteiger partial charge in [0, 0.05) is 13.0 Å². The second-order valence-corrected chi connectivity index (χ2v) is 4.75. The first-order valence-corrected chi connectivity index (χ1v) is 6.34. The molecule has 0 saturated heterocycles.